The van der Waals surface area contributed by atoms with Crippen LogP contribution in [0.3, 0.4) is 0 Å². The van der Waals surface area contributed by atoms with Gasteiger partial charge in [-0.15, -0.1) is 12.4 Å². The molecule has 2 heterocycles. The van der Waals surface area contributed by atoms with Gasteiger partial charge in [0.15, 0.2) is 0 Å². The van der Waals surface area contributed by atoms with Crippen molar-refractivity contribution in [3.05, 3.63) is 34.9 Å². The van der Waals surface area contributed by atoms with E-state index in [0.29, 0.717) is 37.1 Å². The summed E-state index contributed by atoms with van der Waals surface area (Å²) in [6, 6.07) is 7.51. The molecule has 3 atom stereocenters. The Bertz CT molecular complexity index is 700. The van der Waals surface area contributed by atoms with Crippen molar-refractivity contribution in [2.45, 2.75) is 31.3 Å². The third-order valence-corrected chi connectivity index (χ3v) is 7.82. The van der Waals surface area contributed by atoms with Gasteiger partial charge in [-0.3, -0.25) is 0 Å². The number of hydrogen-bond donors (Lipinski definition) is 1. The second kappa shape index (κ2) is 7.09. The van der Waals surface area contributed by atoms with E-state index in [4.69, 9.17) is 11.6 Å². The number of benzene rings is 1. The second-order valence-corrected chi connectivity index (χ2v) is 9.00. The first-order valence-electron chi connectivity index (χ1n) is 8.31. The van der Waals surface area contributed by atoms with Crippen molar-refractivity contribution in [3.63, 3.8) is 0 Å². The average Bonchev–Trinajstić information content (AvgIpc) is 3.19. The molecule has 2 aliphatic heterocycles. The zero-order valence-corrected chi connectivity index (χ0v) is 15.8. The molecule has 1 aliphatic carbocycles. The quantitative estimate of drug-likeness (QED) is 0.860. The van der Waals surface area contributed by atoms with E-state index in [9.17, 15) is 8.42 Å². The van der Waals surface area contributed by atoms with Crippen LogP contribution in [0.1, 0.15) is 30.9 Å². The molecular weight excluding hydrogens is 369 g/mol. The van der Waals surface area contributed by atoms with Crippen molar-refractivity contribution in [1.82, 2.24) is 13.9 Å². The summed E-state index contributed by atoms with van der Waals surface area (Å²) >= 11 is 6.33. The van der Waals surface area contributed by atoms with E-state index < -0.39 is 10.2 Å². The van der Waals surface area contributed by atoms with E-state index in [2.05, 4.69) is 5.32 Å². The molecule has 5 nitrogen and oxygen atoms in total. The zero-order valence-electron chi connectivity index (χ0n) is 13.4. The predicted molar refractivity (Wildman–Crippen MR) is 97.8 cm³/mol. The Morgan fingerprint density at radius 3 is 2.62 bits per heavy atom. The van der Waals surface area contributed by atoms with E-state index in [1.165, 1.54) is 6.42 Å². The monoisotopic (exact) mass is 391 g/mol. The van der Waals surface area contributed by atoms with Gasteiger partial charge in [0.1, 0.15) is 0 Å². The van der Waals surface area contributed by atoms with Crippen LogP contribution in [0.4, 0.5) is 0 Å². The molecule has 24 heavy (non-hydrogen) atoms. The Labute approximate surface area is 154 Å². The van der Waals surface area contributed by atoms with E-state index in [-0.39, 0.29) is 24.5 Å². The molecule has 3 unspecified atom stereocenters. The molecular formula is C16H23Cl2N3O2S. The van der Waals surface area contributed by atoms with E-state index in [1.807, 2.05) is 24.3 Å². The van der Waals surface area contributed by atoms with Crippen LogP contribution in [0, 0.1) is 5.92 Å². The largest absolute Gasteiger partial charge is 0.313 e. The summed E-state index contributed by atoms with van der Waals surface area (Å²) in [6.45, 7) is 2.46. The number of nitrogens with zero attached hydrogens (tertiary/aromatic N) is 2. The number of fused-ring (bicyclic) bond motifs is 2. The minimum atomic E-state index is -3.44. The Balaban J connectivity index is 0.00000169. The van der Waals surface area contributed by atoms with Crippen molar-refractivity contribution in [2.75, 3.05) is 26.2 Å². The molecule has 4 rings (SSSR count). The molecule has 2 bridgehead atoms. The summed E-state index contributed by atoms with van der Waals surface area (Å²) < 4.78 is 29.9. The van der Waals surface area contributed by atoms with E-state index in [1.54, 1.807) is 8.61 Å². The van der Waals surface area contributed by atoms with Crippen LogP contribution in [0.25, 0.3) is 0 Å². The molecule has 8 heteroatoms. The van der Waals surface area contributed by atoms with Crippen LogP contribution in [-0.2, 0) is 10.2 Å². The summed E-state index contributed by atoms with van der Waals surface area (Å²) in [5.41, 5.74) is 0.884. The van der Waals surface area contributed by atoms with Crippen molar-refractivity contribution >= 4 is 34.2 Å². The minimum Gasteiger partial charge on any atom is -0.313 e. The van der Waals surface area contributed by atoms with Crippen LogP contribution < -0.4 is 5.32 Å². The first kappa shape index (κ1) is 18.4. The highest BCUT2D eigenvalue weighted by Crippen LogP contribution is 2.41. The van der Waals surface area contributed by atoms with Crippen LogP contribution in [-0.4, -0.2) is 49.2 Å². The topological polar surface area (TPSA) is 52.7 Å². The maximum Gasteiger partial charge on any atom is 0.282 e. The first-order chi connectivity index (χ1) is 11.1. The highest BCUT2D eigenvalue weighted by Gasteiger charge is 2.47. The van der Waals surface area contributed by atoms with Crippen LogP contribution in [0.5, 0.6) is 0 Å². The molecule has 0 radical (unpaired) electrons. The number of piperidine rings is 1. The van der Waals surface area contributed by atoms with Crippen LogP contribution in [0.15, 0.2) is 24.3 Å². The first-order valence-corrected chi connectivity index (χ1v) is 10.1. The minimum absolute atomic E-state index is 0. The number of rotatable bonds is 3. The Morgan fingerprint density at radius 2 is 1.96 bits per heavy atom. The smallest absolute Gasteiger partial charge is 0.282 e. The summed E-state index contributed by atoms with van der Waals surface area (Å²) in [6.07, 6.45) is 3.21. The van der Waals surface area contributed by atoms with Crippen molar-refractivity contribution in [3.8, 4) is 0 Å². The fraction of sp³-hybridized carbons (Fsp3) is 0.625. The molecule has 1 saturated carbocycles. The molecule has 1 N–H and O–H groups in total. The van der Waals surface area contributed by atoms with Gasteiger partial charge in [0.2, 0.25) is 0 Å². The second-order valence-electron chi connectivity index (χ2n) is 6.76. The van der Waals surface area contributed by atoms with Gasteiger partial charge in [-0.1, -0.05) is 29.8 Å². The Hall–Kier alpha value is -0.370. The lowest BCUT2D eigenvalue weighted by atomic mass is 10.1. The fourth-order valence-corrected chi connectivity index (χ4v) is 6.60. The fourth-order valence-electron chi connectivity index (χ4n) is 4.27. The van der Waals surface area contributed by atoms with E-state index >= 15 is 0 Å². The summed E-state index contributed by atoms with van der Waals surface area (Å²) in [5, 5.41) is 3.93. The van der Waals surface area contributed by atoms with Crippen molar-refractivity contribution < 1.29 is 8.42 Å². The molecule has 0 spiro atoms. The number of piperazine rings is 1. The highest BCUT2D eigenvalue weighted by atomic mass is 35.5. The lowest BCUT2D eigenvalue weighted by Crippen LogP contribution is -2.54. The maximum absolute atomic E-state index is 13.3. The third-order valence-electron chi connectivity index (χ3n) is 5.41. The third kappa shape index (κ3) is 3.08. The summed E-state index contributed by atoms with van der Waals surface area (Å²) in [5.74, 6) is 0.552. The van der Waals surface area contributed by atoms with Gasteiger partial charge in [-0.25, -0.2) is 0 Å². The lowest BCUT2D eigenvalue weighted by molar-refractivity contribution is 0.233. The van der Waals surface area contributed by atoms with Crippen LogP contribution >= 0.6 is 24.0 Å². The van der Waals surface area contributed by atoms with Gasteiger partial charge in [0.05, 0.1) is 6.04 Å². The van der Waals surface area contributed by atoms with Gasteiger partial charge in [-0.2, -0.15) is 17.0 Å². The average molecular weight is 392 g/mol. The van der Waals surface area contributed by atoms with Gasteiger partial charge in [0, 0.05) is 37.2 Å². The summed E-state index contributed by atoms with van der Waals surface area (Å²) in [7, 11) is -3.44. The highest BCUT2D eigenvalue weighted by molar-refractivity contribution is 7.86. The maximum atomic E-state index is 13.3. The van der Waals surface area contributed by atoms with Gasteiger partial charge in [0.25, 0.3) is 10.2 Å². The number of hydrogen-bond acceptors (Lipinski definition) is 3. The molecule has 3 aliphatic rings. The van der Waals surface area contributed by atoms with Gasteiger partial charge in [-0.05, 0) is 36.8 Å². The normalized spacial score (nSPS) is 31.1. The van der Waals surface area contributed by atoms with Crippen LogP contribution in [0.2, 0.25) is 5.02 Å². The Kier molecular flexibility index (Phi) is 5.45. The predicted octanol–water partition coefficient (Wildman–Crippen LogP) is 2.44. The van der Waals surface area contributed by atoms with Gasteiger partial charge >= 0.3 is 0 Å². The molecule has 3 fully saturated rings. The lowest BCUT2D eigenvalue weighted by Gasteiger charge is -2.39. The van der Waals surface area contributed by atoms with E-state index in [0.717, 1.165) is 18.4 Å². The standard InChI is InChI=1S/C16H22ClN3O2S.ClH/c17-15-4-2-1-3-14(15)16-10-18-7-8-19(16)23(21,22)20-11-12-5-6-13(20)9-12;/h1-4,12-13,16,18H,5-11H2;1H. The molecule has 0 amide bonds. The zero-order chi connectivity index (χ0) is 16.0. The number of nitrogens with one attached hydrogen (secondary N) is 1. The molecule has 1 aromatic rings. The molecule has 1 aromatic carbocycles. The van der Waals surface area contributed by atoms with Gasteiger partial charge < -0.3 is 5.32 Å². The number of halogens is 2. The molecule has 2 saturated heterocycles. The molecule has 0 aromatic heterocycles. The van der Waals surface area contributed by atoms with Crippen molar-refractivity contribution in [1.29, 1.82) is 0 Å². The molecule has 134 valence electrons. The SMILES string of the molecule is Cl.O=S(=O)(N1CC2CCC1C2)N1CCNCC1c1ccccc1Cl. The Morgan fingerprint density at radius 1 is 1.17 bits per heavy atom. The summed E-state index contributed by atoms with van der Waals surface area (Å²) in [4.78, 5) is 0. The van der Waals surface area contributed by atoms with Crippen molar-refractivity contribution in [2.24, 2.45) is 5.92 Å².